The molecule has 1 rings (SSSR count). The zero-order valence-electron chi connectivity index (χ0n) is 19.0. The molecule has 0 spiro atoms. The Morgan fingerprint density at radius 3 is 2.00 bits per heavy atom. The van der Waals surface area contributed by atoms with Gasteiger partial charge in [-0.25, -0.2) is 0 Å². The maximum absolute atomic E-state index is 11.8. The molecule has 5 atom stereocenters. The van der Waals surface area contributed by atoms with E-state index >= 15 is 0 Å². The normalized spacial score (nSPS) is 25.4. The van der Waals surface area contributed by atoms with Crippen molar-refractivity contribution in [1.29, 1.82) is 0 Å². The Hall–Kier alpha value is -2.20. The van der Waals surface area contributed by atoms with Crippen LogP contribution < -0.4 is 5.32 Å². The number of unbranched alkanes of at least 4 members (excludes halogenated alkanes) is 4. The van der Waals surface area contributed by atoms with Gasteiger partial charge in [0.15, 0.2) is 18.5 Å². The SMILES string of the molecule is CCCCCCCO[C@@H]1O[C@@H](COC(C)=O)[C@@H](OC(C)=O)[C@@H](OC(C)=O)[C@@H]1NC(C)=O. The third kappa shape index (κ3) is 10.1. The number of hydrogen-bond acceptors (Lipinski definition) is 9. The van der Waals surface area contributed by atoms with Gasteiger partial charge < -0.3 is 29.0 Å². The first-order valence-corrected chi connectivity index (χ1v) is 10.7. The quantitative estimate of drug-likeness (QED) is 0.271. The molecular weight excluding hydrogens is 410 g/mol. The van der Waals surface area contributed by atoms with Gasteiger partial charge >= 0.3 is 17.9 Å². The second-order valence-corrected chi connectivity index (χ2v) is 7.50. The third-order valence-corrected chi connectivity index (χ3v) is 4.60. The molecule has 31 heavy (non-hydrogen) atoms. The van der Waals surface area contributed by atoms with Crippen molar-refractivity contribution in [2.24, 2.45) is 0 Å². The van der Waals surface area contributed by atoms with Crippen LogP contribution in [-0.4, -0.2) is 67.7 Å². The van der Waals surface area contributed by atoms with Gasteiger partial charge in [0, 0.05) is 34.3 Å². The second-order valence-electron chi connectivity index (χ2n) is 7.50. The molecule has 0 saturated carbocycles. The number of ether oxygens (including phenoxy) is 5. The van der Waals surface area contributed by atoms with Gasteiger partial charge in [0.05, 0.1) is 0 Å². The topological polar surface area (TPSA) is 126 Å². The van der Waals surface area contributed by atoms with E-state index in [1.54, 1.807) is 0 Å². The lowest BCUT2D eigenvalue weighted by molar-refractivity contribution is -0.277. The van der Waals surface area contributed by atoms with Crippen LogP contribution in [-0.2, 0) is 42.9 Å². The highest BCUT2D eigenvalue weighted by atomic mass is 16.7. The molecule has 178 valence electrons. The van der Waals surface area contributed by atoms with Gasteiger partial charge in [0.25, 0.3) is 0 Å². The van der Waals surface area contributed by atoms with E-state index in [4.69, 9.17) is 23.7 Å². The summed E-state index contributed by atoms with van der Waals surface area (Å²) < 4.78 is 27.6. The van der Waals surface area contributed by atoms with E-state index in [-0.39, 0.29) is 6.61 Å². The summed E-state index contributed by atoms with van der Waals surface area (Å²) in [6.07, 6.45) is 0.957. The fourth-order valence-corrected chi connectivity index (χ4v) is 3.34. The van der Waals surface area contributed by atoms with Crippen molar-refractivity contribution in [3.05, 3.63) is 0 Å². The van der Waals surface area contributed by atoms with Crippen molar-refractivity contribution in [2.75, 3.05) is 13.2 Å². The van der Waals surface area contributed by atoms with Gasteiger partial charge in [0.1, 0.15) is 18.8 Å². The minimum atomic E-state index is -1.11. The van der Waals surface area contributed by atoms with Crippen molar-refractivity contribution < 1.29 is 42.9 Å². The van der Waals surface area contributed by atoms with Crippen molar-refractivity contribution in [3.63, 3.8) is 0 Å². The number of nitrogens with one attached hydrogen (secondary N) is 1. The molecule has 0 aromatic rings. The summed E-state index contributed by atoms with van der Waals surface area (Å²) >= 11 is 0. The minimum Gasteiger partial charge on any atom is -0.463 e. The van der Waals surface area contributed by atoms with Crippen molar-refractivity contribution in [2.45, 2.75) is 97.4 Å². The highest BCUT2D eigenvalue weighted by Crippen LogP contribution is 2.28. The first-order valence-electron chi connectivity index (χ1n) is 10.7. The number of carbonyl (C=O) groups is 4. The van der Waals surface area contributed by atoms with Gasteiger partial charge in [-0.15, -0.1) is 0 Å². The molecule has 0 aliphatic carbocycles. The number of carbonyl (C=O) groups excluding carboxylic acids is 4. The zero-order chi connectivity index (χ0) is 23.4. The summed E-state index contributed by atoms with van der Waals surface area (Å²) in [4.78, 5) is 46.6. The number of hydrogen-bond donors (Lipinski definition) is 1. The van der Waals surface area contributed by atoms with E-state index in [0.29, 0.717) is 6.61 Å². The smallest absolute Gasteiger partial charge is 0.303 e. The lowest BCUT2D eigenvalue weighted by Gasteiger charge is -2.44. The first kappa shape index (κ1) is 26.8. The predicted molar refractivity (Wildman–Crippen MR) is 109 cm³/mol. The van der Waals surface area contributed by atoms with E-state index in [2.05, 4.69) is 12.2 Å². The van der Waals surface area contributed by atoms with E-state index in [1.165, 1.54) is 27.7 Å². The average Bonchev–Trinajstić information content (AvgIpc) is 2.66. The van der Waals surface area contributed by atoms with Crippen LogP contribution in [0.15, 0.2) is 0 Å². The van der Waals surface area contributed by atoms with E-state index < -0.39 is 54.5 Å². The fourth-order valence-electron chi connectivity index (χ4n) is 3.34. The molecule has 0 radical (unpaired) electrons. The van der Waals surface area contributed by atoms with Gasteiger partial charge in [-0.05, 0) is 6.42 Å². The molecule has 1 saturated heterocycles. The average molecular weight is 446 g/mol. The molecule has 0 unspecified atom stereocenters. The maximum atomic E-state index is 11.8. The van der Waals surface area contributed by atoms with Crippen molar-refractivity contribution >= 4 is 23.8 Å². The molecule has 1 N–H and O–H groups in total. The van der Waals surface area contributed by atoms with Gasteiger partial charge in [-0.3, -0.25) is 19.2 Å². The van der Waals surface area contributed by atoms with E-state index in [9.17, 15) is 19.2 Å². The molecule has 1 aliphatic rings. The van der Waals surface area contributed by atoms with Crippen LogP contribution in [0.2, 0.25) is 0 Å². The highest BCUT2D eigenvalue weighted by molar-refractivity contribution is 5.73. The Morgan fingerprint density at radius 2 is 1.45 bits per heavy atom. The monoisotopic (exact) mass is 445 g/mol. The molecule has 1 amide bonds. The maximum Gasteiger partial charge on any atom is 0.303 e. The summed E-state index contributed by atoms with van der Waals surface area (Å²) in [6.45, 7) is 7.18. The van der Waals surface area contributed by atoms with Crippen molar-refractivity contribution in [3.8, 4) is 0 Å². The molecule has 10 heteroatoms. The number of esters is 3. The first-order chi connectivity index (χ1) is 14.6. The summed E-state index contributed by atoms with van der Waals surface area (Å²) in [5.74, 6) is -2.23. The molecule has 0 aromatic carbocycles. The molecule has 1 aliphatic heterocycles. The molecule has 1 fully saturated rings. The second kappa shape index (κ2) is 14.0. The van der Waals surface area contributed by atoms with Crippen LogP contribution in [0.1, 0.15) is 66.7 Å². The van der Waals surface area contributed by atoms with Gasteiger partial charge in [-0.1, -0.05) is 32.6 Å². The Kier molecular flexibility index (Phi) is 12.1. The summed E-state index contributed by atoms with van der Waals surface area (Å²) in [5.41, 5.74) is 0. The van der Waals surface area contributed by atoms with Crippen LogP contribution in [0.25, 0.3) is 0 Å². The van der Waals surface area contributed by atoms with Crippen LogP contribution in [0.4, 0.5) is 0 Å². The largest absolute Gasteiger partial charge is 0.463 e. The fraction of sp³-hybridized carbons (Fsp3) is 0.810. The van der Waals surface area contributed by atoms with Gasteiger partial charge in [0.2, 0.25) is 5.91 Å². The van der Waals surface area contributed by atoms with E-state index in [0.717, 1.165) is 32.1 Å². The predicted octanol–water partition coefficient (Wildman–Crippen LogP) is 1.63. The molecule has 10 nitrogen and oxygen atoms in total. The summed E-state index contributed by atoms with van der Waals surface area (Å²) in [5, 5.41) is 2.67. The van der Waals surface area contributed by atoms with Crippen LogP contribution in [0.3, 0.4) is 0 Å². The van der Waals surface area contributed by atoms with Crippen molar-refractivity contribution in [1.82, 2.24) is 5.32 Å². The number of amides is 1. The molecule has 0 bridgehead atoms. The Balaban J connectivity index is 3.07. The zero-order valence-corrected chi connectivity index (χ0v) is 19.0. The van der Waals surface area contributed by atoms with Crippen LogP contribution in [0, 0.1) is 0 Å². The lowest BCUT2D eigenvalue weighted by Crippen LogP contribution is -2.66. The Bertz CT molecular complexity index is 610. The Labute approximate surface area is 183 Å². The minimum absolute atomic E-state index is 0.242. The molecule has 1 heterocycles. The van der Waals surface area contributed by atoms with Gasteiger partial charge in [-0.2, -0.15) is 0 Å². The standard InChI is InChI=1S/C21H35NO9/c1-6-7-8-9-10-11-27-21-18(22-13(2)23)20(30-16(5)26)19(29-15(4)25)17(31-21)12-28-14(3)24/h17-21H,6-12H2,1-5H3,(H,22,23)/t17-,18-,19+,20-,21+/m0/s1. The van der Waals surface area contributed by atoms with E-state index in [1.807, 2.05) is 0 Å². The Morgan fingerprint density at radius 1 is 0.839 bits per heavy atom. The molecule has 0 aromatic heterocycles. The number of rotatable bonds is 12. The van der Waals surface area contributed by atoms with Crippen LogP contribution in [0.5, 0.6) is 0 Å². The summed E-state index contributed by atoms with van der Waals surface area (Å²) in [6, 6.07) is -0.921. The lowest BCUT2D eigenvalue weighted by atomic mass is 9.96. The summed E-state index contributed by atoms with van der Waals surface area (Å²) in [7, 11) is 0. The molecular formula is C21H35NO9. The third-order valence-electron chi connectivity index (χ3n) is 4.60. The highest BCUT2D eigenvalue weighted by Gasteiger charge is 2.51. The van der Waals surface area contributed by atoms with Crippen LogP contribution >= 0.6 is 0 Å².